The van der Waals surface area contributed by atoms with Gasteiger partial charge in [-0.15, -0.1) is 0 Å². The second-order valence-corrected chi connectivity index (χ2v) is 3.78. The van der Waals surface area contributed by atoms with Crippen LogP contribution in [0.3, 0.4) is 0 Å². The van der Waals surface area contributed by atoms with Crippen LogP contribution in [0, 0.1) is 0 Å². The number of likely N-dealkylation sites (N-methyl/N-ethyl adjacent to an activating group) is 1. The van der Waals surface area contributed by atoms with Crippen LogP contribution >= 0.6 is 0 Å². The molecule has 76 valence electrons. The van der Waals surface area contributed by atoms with Gasteiger partial charge in [-0.2, -0.15) is 0 Å². The van der Waals surface area contributed by atoms with Gasteiger partial charge >= 0.3 is 0 Å². The second kappa shape index (κ2) is 4.91. The van der Waals surface area contributed by atoms with Gasteiger partial charge in [-0.1, -0.05) is 30.3 Å². The molecule has 14 heavy (non-hydrogen) atoms. The molecule has 0 N–H and O–H groups in total. The summed E-state index contributed by atoms with van der Waals surface area (Å²) >= 11 is 0. The quantitative estimate of drug-likeness (QED) is 0.722. The Hall–Kier alpha value is -1.15. The van der Waals surface area contributed by atoms with E-state index in [-0.39, 0.29) is 11.8 Å². The lowest BCUT2D eigenvalue weighted by Crippen LogP contribution is -2.36. The van der Waals surface area contributed by atoms with Crippen LogP contribution in [-0.4, -0.2) is 30.8 Å². The normalized spacial score (nSPS) is 12.9. The highest BCUT2D eigenvalue weighted by molar-refractivity contribution is 5.81. The van der Waals surface area contributed by atoms with E-state index < -0.39 is 0 Å². The van der Waals surface area contributed by atoms with Crippen molar-refractivity contribution in [3.63, 3.8) is 0 Å². The Labute approximate surface area is 85.5 Å². The minimum Gasteiger partial charge on any atom is -0.299 e. The average Bonchev–Trinajstić information content (AvgIpc) is 2.15. The number of hydrogen-bond donors (Lipinski definition) is 0. The number of hydrogen-bond acceptors (Lipinski definition) is 2. The standard InChI is InChI=1S/C12H17NO/c1-10(14)12(13(2)3)9-11-7-5-4-6-8-11/h4-8,12H,9H2,1-3H3. The van der Waals surface area contributed by atoms with E-state index in [9.17, 15) is 4.79 Å². The molecule has 0 fully saturated rings. The number of Topliss-reactive ketones (excluding diaryl/α,β-unsaturated/α-hetero) is 1. The van der Waals surface area contributed by atoms with Crippen LogP contribution in [0.2, 0.25) is 0 Å². The van der Waals surface area contributed by atoms with Gasteiger partial charge in [0.15, 0.2) is 0 Å². The highest BCUT2D eigenvalue weighted by Gasteiger charge is 2.16. The van der Waals surface area contributed by atoms with E-state index in [0.29, 0.717) is 0 Å². The smallest absolute Gasteiger partial charge is 0.147 e. The summed E-state index contributed by atoms with van der Waals surface area (Å²) < 4.78 is 0. The van der Waals surface area contributed by atoms with Crippen LogP contribution in [0.15, 0.2) is 30.3 Å². The van der Waals surface area contributed by atoms with Crippen molar-refractivity contribution >= 4 is 5.78 Å². The fourth-order valence-corrected chi connectivity index (χ4v) is 1.53. The Bertz CT molecular complexity index is 292. The topological polar surface area (TPSA) is 20.3 Å². The Balaban J connectivity index is 2.70. The maximum absolute atomic E-state index is 11.3. The lowest BCUT2D eigenvalue weighted by atomic mass is 10.0. The van der Waals surface area contributed by atoms with Crippen LogP contribution in [0.4, 0.5) is 0 Å². The number of ketones is 1. The Kier molecular flexibility index (Phi) is 3.84. The third-order valence-electron chi connectivity index (χ3n) is 2.36. The minimum absolute atomic E-state index is 0.00241. The third-order valence-corrected chi connectivity index (χ3v) is 2.36. The molecule has 2 heteroatoms. The summed E-state index contributed by atoms with van der Waals surface area (Å²) in [5, 5.41) is 0. The van der Waals surface area contributed by atoms with Crippen molar-refractivity contribution in [1.82, 2.24) is 4.90 Å². The van der Waals surface area contributed by atoms with Gasteiger partial charge in [0.2, 0.25) is 0 Å². The van der Waals surface area contributed by atoms with Crippen molar-refractivity contribution < 1.29 is 4.79 Å². The number of rotatable bonds is 4. The monoisotopic (exact) mass is 191 g/mol. The molecule has 0 spiro atoms. The zero-order valence-corrected chi connectivity index (χ0v) is 9.03. The SMILES string of the molecule is CC(=O)C(Cc1ccccc1)N(C)C. The molecule has 0 amide bonds. The predicted octanol–water partition coefficient (Wildman–Crippen LogP) is 1.75. The predicted molar refractivity (Wildman–Crippen MR) is 58.3 cm³/mol. The molecule has 0 aromatic heterocycles. The van der Waals surface area contributed by atoms with E-state index >= 15 is 0 Å². The van der Waals surface area contributed by atoms with Gasteiger partial charge in [-0.05, 0) is 33.0 Å². The molecule has 0 aliphatic carbocycles. The summed E-state index contributed by atoms with van der Waals surface area (Å²) in [4.78, 5) is 13.3. The first kappa shape index (κ1) is 10.9. The molecule has 0 heterocycles. The van der Waals surface area contributed by atoms with Crippen molar-refractivity contribution in [3.8, 4) is 0 Å². The Morgan fingerprint density at radius 1 is 1.29 bits per heavy atom. The van der Waals surface area contributed by atoms with Crippen LogP contribution < -0.4 is 0 Å². The average molecular weight is 191 g/mol. The summed E-state index contributed by atoms with van der Waals surface area (Å²) in [7, 11) is 3.88. The molecular weight excluding hydrogens is 174 g/mol. The summed E-state index contributed by atoms with van der Waals surface area (Å²) in [5.41, 5.74) is 1.21. The highest BCUT2D eigenvalue weighted by atomic mass is 16.1. The fourth-order valence-electron chi connectivity index (χ4n) is 1.53. The van der Waals surface area contributed by atoms with Crippen molar-refractivity contribution in [2.75, 3.05) is 14.1 Å². The number of carbonyl (C=O) groups is 1. The van der Waals surface area contributed by atoms with Gasteiger partial charge in [0.1, 0.15) is 5.78 Å². The summed E-state index contributed by atoms with van der Waals surface area (Å²) in [6, 6.07) is 10.1. The van der Waals surface area contributed by atoms with Gasteiger partial charge in [0, 0.05) is 0 Å². The molecule has 2 nitrogen and oxygen atoms in total. The molecule has 1 rings (SSSR count). The molecule has 0 radical (unpaired) electrons. The first-order valence-electron chi connectivity index (χ1n) is 4.82. The largest absolute Gasteiger partial charge is 0.299 e. The summed E-state index contributed by atoms with van der Waals surface area (Å²) in [6.07, 6.45) is 0.795. The van der Waals surface area contributed by atoms with Gasteiger partial charge < -0.3 is 0 Å². The highest BCUT2D eigenvalue weighted by Crippen LogP contribution is 2.07. The zero-order chi connectivity index (χ0) is 10.6. The minimum atomic E-state index is -0.00241. The van der Waals surface area contributed by atoms with E-state index in [4.69, 9.17) is 0 Å². The molecule has 0 saturated carbocycles. The van der Waals surface area contributed by atoms with Crippen LogP contribution in [0.5, 0.6) is 0 Å². The van der Waals surface area contributed by atoms with Gasteiger partial charge in [-0.3, -0.25) is 9.69 Å². The van der Waals surface area contributed by atoms with E-state index in [2.05, 4.69) is 12.1 Å². The number of carbonyl (C=O) groups excluding carboxylic acids is 1. The maximum Gasteiger partial charge on any atom is 0.147 e. The van der Waals surface area contributed by atoms with Crippen LogP contribution in [-0.2, 0) is 11.2 Å². The molecule has 0 aliphatic rings. The Morgan fingerprint density at radius 2 is 1.86 bits per heavy atom. The maximum atomic E-state index is 11.3. The van der Waals surface area contributed by atoms with E-state index in [1.807, 2.05) is 37.2 Å². The molecule has 1 atom stereocenters. The molecular formula is C12H17NO. The van der Waals surface area contributed by atoms with Crippen molar-refractivity contribution in [3.05, 3.63) is 35.9 Å². The first-order valence-corrected chi connectivity index (χ1v) is 4.82. The molecule has 0 aliphatic heterocycles. The van der Waals surface area contributed by atoms with E-state index in [0.717, 1.165) is 6.42 Å². The van der Waals surface area contributed by atoms with Crippen molar-refractivity contribution in [2.24, 2.45) is 0 Å². The Morgan fingerprint density at radius 3 is 2.29 bits per heavy atom. The summed E-state index contributed by atoms with van der Waals surface area (Å²) in [6.45, 7) is 1.65. The second-order valence-electron chi connectivity index (χ2n) is 3.78. The van der Waals surface area contributed by atoms with Gasteiger partial charge in [0.25, 0.3) is 0 Å². The van der Waals surface area contributed by atoms with Crippen LogP contribution in [0.25, 0.3) is 0 Å². The molecule has 1 aromatic carbocycles. The van der Waals surface area contributed by atoms with E-state index in [1.165, 1.54) is 5.56 Å². The van der Waals surface area contributed by atoms with Crippen molar-refractivity contribution in [1.29, 1.82) is 0 Å². The summed E-state index contributed by atoms with van der Waals surface area (Å²) in [5.74, 6) is 0.221. The first-order chi connectivity index (χ1) is 6.61. The molecule has 0 saturated heterocycles. The molecule has 1 unspecified atom stereocenters. The van der Waals surface area contributed by atoms with Gasteiger partial charge in [0.05, 0.1) is 6.04 Å². The molecule has 1 aromatic rings. The number of nitrogens with zero attached hydrogens (tertiary/aromatic N) is 1. The third kappa shape index (κ3) is 2.96. The lowest BCUT2D eigenvalue weighted by Gasteiger charge is -2.21. The zero-order valence-electron chi connectivity index (χ0n) is 9.03. The number of benzene rings is 1. The van der Waals surface area contributed by atoms with Crippen LogP contribution in [0.1, 0.15) is 12.5 Å². The lowest BCUT2D eigenvalue weighted by molar-refractivity contribution is -0.121. The van der Waals surface area contributed by atoms with E-state index in [1.54, 1.807) is 6.92 Å². The fraction of sp³-hybridized carbons (Fsp3) is 0.417. The molecule has 0 bridgehead atoms. The van der Waals surface area contributed by atoms with Gasteiger partial charge in [-0.25, -0.2) is 0 Å². The van der Waals surface area contributed by atoms with Crippen molar-refractivity contribution in [2.45, 2.75) is 19.4 Å².